The monoisotopic (exact) mass is 1000 g/mol. The number of ether oxygens (including phenoxy) is 2. The number of carbonyl (C=O) groups is 4. The zero-order chi connectivity index (χ0) is 60.2. The number of hydrogen-bond donors (Lipinski definition) is 5. The minimum Gasteiger partial charge on any atom is -0.494 e. The number of para-hydroxylation sites is 2. The Kier molecular flexibility index (Phi) is 11.2. The molecule has 0 radical (unpaired) electrons. The van der Waals surface area contributed by atoms with E-state index in [0.29, 0.717) is 19.1 Å². The normalized spacial score (nSPS) is 18.5. The summed E-state index contributed by atoms with van der Waals surface area (Å²) in [7, 11) is -2.40. The van der Waals surface area contributed by atoms with E-state index < -0.39 is 45.5 Å². The molecule has 0 atom stereocenters. The molecule has 6 heterocycles. The number of halogens is 1. The largest absolute Gasteiger partial charge is 0.494 e. The fourth-order valence-corrected chi connectivity index (χ4v) is 8.07. The van der Waals surface area contributed by atoms with Crippen molar-refractivity contribution < 1.29 is 45.1 Å². The molecule has 2 aromatic carbocycles. The Bertz CT molecular complexity index is 3350. The molecular weight excluding hydrogens is 936 g/mol. The van der Waals surface area contributed by atoms with Crippen LogP contribution in [0.3, 0.4) is 0 Å². The van der Waals surface area contributed by atoms with Crippen LogP contribution >= 0.6 is 11.6 Å². The molecule has 6 aromatic rings. The van der Waals surface area contributed by atoms with Gasteiger partial charge in [0.15, 0.2) is 45.5 Å². The summed E-state index contributed by atoms with van der Waals surface area (Å²) in [5.74, 6) is -1.87. The number of rotatable bonds is 13. The molecule has 10 rings (SSSR count). The van der Waals surface area contributed by atoms with E-state index in [1.807, 2.05) is 10.2 Å². The first-order valence-electron chi connectivity index (χ1n) is 28.1. The van der Waals surface area contributed by atoms with E-state index in [4.69, 9.17) is 37.5 Å². The molecule has 5 N–H and O–H groups in total. The maximum absolute atomic E-state index is 13.1. The molecule has 0 spiro atoms. The quantitative estimate of drug-likeness (QED) is 0.104. The second kappa shape index (κ2) is 22.1. The number of amides is 6. The summed E-state index contributed by atoms with van der Waals surface area (Å²) in [5.41, 5.74) is -0.141. The summed E-state index contributed by atoms with van der Waals surface area (Å²) in [6.07, 6.45) is 9.52. The van der Waals surface area contributed by atoms with Crippen molar-refractivity contribution in [1.29, 1.82) is 0 Å². The second-order valence-electron chi connectivity index (χ2n) is 16.3. The number of carbonyl (C=O) groups excluding carboxylic acids is 4. The number of aryl methyl sites for hydroxylation is 2. The SMILES string of the molecule is O=C1NCCN1C1CCC1.[2H]C([2H])([2H])NC(=O)c1nnc(Cl)cc1Nc1cccc(-c2ncn(C)n2)c1OC([2H])([2H])[2H].[2H]C([2H])([2H])NC(=O)c1nnc(N2CCN(C3CCC3)C2=O)cc1Nc1cccc(-c2ncn(C)n2)c1OC([2H])([2H])[2H]. The fraction of sp³-hybridized carbons (Fsp3) is 0.391. The van der Waals surface area contributed by atoms with Gasteiger partial charge in [0.05, 0.1) is 56.2 Å². The first-order chi connectivity index (χ1) is 39.0. The number of benzene rings is 2. The molecule has 2 aliphatic carbocycles. The van der Waals surface area contributed by atoms with E-state index >= 15 is 0 Å². The molecule has 0 unspecified atom stereocenters. The Morgan fingerprint density at radius 3 is 1.73 bits per heavy atom. The third-order valence-electron chi connectivity index (χ3n) is 11.9. The molecule has 4 aliphatic rings. The van der Waals surface area contributed by atoms with Crippen molar-refractivity contribution in [2.45, 2.75) is 50.6 Å². The number of nitrogens with one attached hydrogen (secondary N) is 5. The smallest absolute Gasteiger partial charge is 0.326 e. The van der Waals surface area contributed by atoms with Crippen molar-refractivity contribution in [3.63, 3.8) is 0 Å². The molecule has 2 aliphatic heterocycles. The van der Waals surface area contributed by atoms with Gasteiger partial charge in [0.25, 0.3) is 11.8 Å². The summed E-state index contributed by atoms with van der Waals surface area (Å²) >= 11 is 5.90. The van der Waals surface area contributed by atoms with Crippen LogP contribution in [0.5, 0.6) is 11.5 Å². The van der Waals surface area contributed by atoms with Crippen LogP contribution in [0.4, 0.5) is 38.2 Å². The van der Waals surface area contributed by atoms with Crippen LogP contribution in [0.2, 0.25) is 5.15 Å². The molecule has 2 saturated carbocycles. The van der Waals surface area contributed by atoms with Gasteiger partial charge in [0.2, 0.25) is 0 Å². The van der Waals surface area contributed by atoms with Gasteiger partial charge in [-0.15, -0.1) is 20.4 Å². The van der Waals surface area contributed by atoms with E-state index in [2.05, 4.69) is 56.5 Å². The van der Waals surface area contributed by atoms with Crippen LogP contribution in [-0.2, 0) is 14.1 Å². The predicted octanol–water partition coefficient (Wildman–Crippen LogP) is 4.78. The van der Waals surface area contributed by atoms with Crippen LogP contribution < -0.4 is 41.0 Å². The molecule has 25 heteroatoms. The zero-order valence-electron chi connectivity index (χ0n) is 50.1. The van der Waals surface area contributed by atoms with Crippen molar-refractivity contribution in [2.75, 3.05) is 69.7 Å². The summed E-state index contributed by atoms with van der Waals surface area (Å²) in [5, 5.41) is 35.8. The topological polar surface area (TPSA) is 270 Å². The van der Waals surface area contributed by atoms with Crippen LogP contribution in [0.25, 0.3) is 22.8 Å². The minimum atomic E-state index is -2.86. The third-order valence-corrected chi connectivity index (χ3v) is 12.1. The van der Waals surface area contributed by atoms with Gasteiger partial charge in [-0.25, -0.2) is 19.6 Å². The number of nitrogens with zero attached hydrogens (tertiary/aromatic N) is 13. The van der Waals surface area contributed by atoms with Crippen molar-refractivity contribution >= 4 is 64.0 Å². The molecule has 0 bridgehead atoms. The van der Waals surface area contributed by atoms with Gasteiger partial charge in [-0.3, -0.25) is 23.9 Å². The van der Waals surface area contributed by atoms with Gasteiger partial charge in [-0.05, 0) is 62.8 Å². The van der Waals surface area contributed by atoms with E-state index in [1.54, 1.807) is 48.6 Å². The lowest BCUT2D eigenvalue weighted by Crippen LogP contribution is -2.43. The summed E-state index contributed by atoms with van der Waals surface area (Å²) < 4.78 is 103. The third kappa shape index (κ3) is 10.9. The maximum Gasteiger partial charge on any atom is 0.326 e. The van der Waals surface area contributed by atoms with Crippen molar-refractivity contribution in [3.05, 3.63) is 77.7 Å². The van der Waals surface area contributed by atoms with Crippen LogP contribution in [-0.4, -0.2) is 150 Å². The van der Waals surface area contributed by atoms with Gasteiger partial charge in [-0.1, -0.05) is 23.7 Å². The summed E-state index contributed by atoms with van der Waals surface area (Å²) in [6.45, 7) is -2.97. The molecule has 24 nitrogen and oxygen atoms in total. The number of anilines is 5. The van der Waals surface area contributed by atoms with E-state index in [-0.39, 0.29) is 91.8 Å². The predicted molar refractivity (Wildman–Crippen MR) is 263 cm³/mol. The highest BCUT2D eigenvalue weighted by Gasteiger charge is 2.38. The molecule has 372 valence electrons. The highest BCUT2D eigenvalue weighted by atomic mass is 35.5. The Balaban J connectivity index is 0.000000189. The zero-order valence-corrected chi connectivity index (χ0v) is 38.9. The van der Waals surface area contributed by atoms with Crippen LogP contribution in [0.1, 0.15) is 76.0 Å². The minimum absolute atomic E-state index is 0.0340. The van der Waals surface area contributed by atoms with Gasteiger partial charge >= 0.3 is 12.1 Å². The molecule has 2 saturated heterocycles. The van der Waals surface area contributed by atoms with Gasteiger partial charge in [0.1, 0.15) is 12.7 Å². The first kappa shape index (κ1) is 35.9. The van der Waals surface area contributed by atoms with E-state index in [0.717, 1.165) is 32.4 Å². The number of methoxy groups -OCH3 is 2. The molecule has 4 fully saturated rings. The first-order valence-corrected chi connectivity index (χ1v) is 22.5. The highest BCUT2D eigenvalue weighted by molar-refractivity contribution is 6.29. The summed E-state index contributed by atoms with van der Waals surface area (Å²) in [4.78, 5) is 62.9. The number of urea groups is 2. The van der Waals surface area contributed by atoms with Crippen molar-refractivity contribution in [1.82, 2.24) is 75.7 Å². The van der Waals surface area contributed by atoms with E-state index in [1.165, 1.54) is 70.4 Å². The number of aromatic nitrogens is 10. The van der Waals surface area contributed by atoms with E-state index in [9.17, 15) is 19.2 Å². The molecule has 6 amide bonds. The average Bonchev–Trinajstić information content (AvgIpc) is 4.04. The lowest BCUT2D eigenvalue weighted by Gasteiger charge is -2.34. The Morgan fingerprint density at radius 2 is 1.25 bits per heavy atom. The lowest BCUT2D eigenvalue weighted by molar-refractivity contribution is 0.0950. The van der Waals surface area contributed by atoms with Crippen molar-refractivity contribution in [2.24, 2.45) is 14.1 Å². The highest BCUT2D eigenvalue weighted by Crippen LogP contribution is 2.39. The molecular formula is C46H55ClN18O6. The molecule has 71 heavy (non-hydrogen) atoms. The average molecular weight is 1000 g/mol. The Labute approximate surface area is 430 Å². The van der Waals surface area contributed by atoms with Gasteiger partial charge < -0.3 is 45.9 Å². The summed E-state index contributed by atoms with van der Waals surface area (Å²) in [6, 6.07) is 12.5. The fourth-order valence-electron chi connectivity index (χ4n) is 7.92. The standard InChI is InChI=1S/C23H27N9O3.C16H16ClN7O2.C7H12N2O/c1-24-22(33)19-17(12-18(27-28-19)32-11-10-31(23(32)34)14-6-4-7-14)26-16-9-5-8-15(20(16)35-3)21-25-13-30(2)29-21;1-18-16(25)13-11(7-12(17)21-22-13)20-10-6-4-5-9(14(10)26-3)15-19-8-24(2)23-15;10-7-8-4-5-9(7)6-2-1-3-6/h5,8-9,12-14H,4,6-7,10-11H2,1-3H3,(H,24,33)(H,26,27);4-8H,1-3H3,(H,18,25)(H,20,21);6H,1-5H2,(H,8,10)/i2*1D3,3D3;. The van der Waals surface area contributed by atoms with Gasteiger partial charge in [0, 0.05) is 86.7 Å². The lowest BCUT2D eigenvalue weighted by atomic mass is 9.92. The van der Waals surface area contributed by atoms with Gasteiger partial charge in [-0.2, -0.15) is 10.2 Å². The van der Waals surface area contributed by atoms with Crippen LogP contribution in [0, 0.1) is 0 Å². The molecule has 4 aromatic heterocycles. The van der Waals surface area contributed by atoms with Crippen LogP contribution in [0.15, 0.2) is 61.2 Å². The Morgan fingerprint density at radius 1 is 0.704 bits per heavy atom. The Hall–Kier alpha value is -8.15. The maximum atomic E-state index is 13.1. The van der Waals surface area contributed by atoms with Crippen molar-refractivity contribution in [3.8, 4) is 34.3 Å². The number of hydrogen-bond acceptors (Lipinski definition) is 16. The second-order valence-corrected chi connectivity index (χ2v) is 16.7.